The van der Waals surface area contributed by atoms with Crippen LogP contribution in [-0.4, -0.2) is 11.1 Å². The van der Waals surface area contributed by atoms with Gasteiger partial charge in [0, 0.05) is 6.42 Å². The van der Waals surface area contributed by atoms with Crippen LogP contribution < -0.4 is 0 Å². The predicted octanol–water partition coefficient (Wildman–Crippen LogP) is 2.19. The van der Waals surface area contributed by atoms with E-state index in [4.69, 9.17) is 5.11 Å². The molecule has 1 rings (SSSR count). The maximum Gasteiger partial charge on any atom is 0.314 e. The number of hydrogen-bond donors (Lipinski definition) is 1. The molecule has 2 heteroatoms. The predicted molar refractivity (Wildman–Crippen MR) is 47.6 cm³/mol. The Morgan fingerprint density at radius 2 is 2.17 bits per heavy atom. The van der Waals surface area contributed by atoms with Gasteiger partial charge in [-0.15, -0.1) is 0 Å². The van der Waals surface area contributed by atoms with E-state index in [2.05, 4.69) is 0 Å². The molecule has 0 saturated heterocycles. The standard InChI is InChI=1S/C10H13O2/c1-2-6-10(9(11)12)7-4-3-5-8-10/h3-5,7-8H,2,6H2,1H3,(H,11,12). The van der Waals surface area contributed by atoms with Gasteiger partial charge in [0.2, 0.25) is 0 Å². The number of hydrogen-bond acceptors (Lipinski definition) is 1. The highest BCUT2D eigenvalue weighted by molar-refractivity contribution is 5.80. The first-order valence-electron chi connectivity index (χ1n) is 4.15. The third-order valence-electron chi connectivity index (χ3n) is 2.07. The molecule has 0 saturated carbocycles. The van der Waals surface area contributed by atoms with Gasteiger partial charge in [0.1, 0.15) is 0 Å². The molecule has 1 aliphatic carbocycles. The topological polar surface area (TPSA) is 37.3 Å². The van der Waals surface area contributed by atoms with Crippen molar-refractivity contribution < 1.29 is 9.90 Å². The lowest BCUT2D eigenvalue weighted by Crippen LogP contribution is -2.29. The summed E-state index contributed by atoms with van der Waals surface area (Å²) < 4.78 is 0. The quantitative estimate of drug-likeness (QED) is 0.696. The van der Waals surface area contributed by atoms with E-state index in [1.54, 1.807) is 24.6 Å². The first-order chi connectivity index (χ1) is 5.71. The van der Waals surface area contributed by atoms with E-state index in [1.165, 1.54) is 0 Å². The van der Waals surface area contributed by atoms with E-state index >= 15 is 0 Å². The number of allylic oxidation sites excluding steroid dienone is 3. The van der Waals surface area contributed by atoms with Gasteiger partial charge in [0.25, 0.3) is 0 Å². The molecular formula is C10H13O2. The van der Waals surface area contributed by atoms with Crippen molar-refractivity contribution in [2.45, 2.75) is 19.8 Å². The monoisotopic (exact) mass is 165 g/mol. The van der Waals surface area contributed by atoms with Crippen LogP contribution in [0.3, 0.4) is 0 Å². The number of aliphatic carboxylic acids is 1. The highest BCUT2D eigenvalue weighted by Crippen LogP contribution is 2.32. The fraction of sp³-hybridized carbons (Fsp3) is 0.400. The number of carbonyl (C=O) groups is 1. The van der Waals surface area contributed by atoms with Gasteiger partial charge in [-0.1, -0.05) is 37.6 Å². The molecule has 0 aromatic heterocycles. The van der Waals surface area contributed by atoms with Crippen molar-refractivity contribution in [2.24, 2.45) is 5.41 Å². The molecule has 65 valence electrons. The summed E-state index contributed by atoms with van der Waals surface area (Å²) in [5.41, 5.74) is -0.747. The van der Waals surface area contributed by atoms with E-state index < -0.39 is 11.4 Å². The van der Waals surface area contributed by atoms with E-state index in [-0.39, 0.29) is 0 Å². The largest absolute Gasteiger partial charge is 0.481 e. The molecule has 1 aliphatic rings. The Morgan fingerprint density at radius 1 is 1.42 bits per heavy atom. The van der Waals surface area contributed by atoms with Crippen molar-refractivity contribution in [2.75, 3.05) is 0 Å². The van der Waals surface area contributed by atoms with Crippen molar-refractivity contribution in [1.29, 1.82) is 0 Å². The molecule has 0 heterocycles. The lowest BCUT2D eigenvalue weighted by molar-refractivity contribution is -0.144. The highest BCUT2D eigenvalue weighted by atomic mass is 16.4. The van der Waals surface area contributed by atoms with E-state index in [1.807, 2.05) is 13.0 Å². The third kappa shape index (κ3) is 1.58. The molecule has 0 spiro atoms. The summed E-state index contributed by atoms with van der Waals surface area (Å²) in [6.07, 6.45) is 10.5. The summed E-state index contributed by atoms with van der Waals surface area (Å²) in [5.74, 6) is -0.759. The normalized spacial score (nSPS) is 27.4. The summed E-state index contributed by atoms with van der Waals surface area (Å²) in [6.45, 7) is 1.99. The van der Waals surface area contributed by atoms with Gasteiger partial charge in [-0.2, -0.15) is 0 Å². The zero-order chi connectivity index (χ0) is 9.03. The molecule has 12 heavy (non-hydrogen) atoms. The van der Waals surface area contributed by atoms with E-state index in [0.717, 1.165) is 6.42 Å². The molecule has 1 radical (unpaired) electrons. The van der Waals surface area contributed by atoms with Crippen LogP contribution in [0.4, 0.5) is 0 Å². The first-order valence-corrected chi connectivity index (χ1v) is 4.15. The molecule has 0 aliphatic heterocycles. The van der Waals surface area contributed by atoms with Crippen LogP contribution in [-0.2, 0) is 4.79 Å². The molecule has 0 fully saturated rings. The van der Waals surface area contributed by atoms with Gasteiger partial charge in [-0.05, 0) is 6.42 Å². The van der Waals surface area contributed by atoms with Crippen LogP contribution in [0.5, 0.6) is 0 Å². The fourth-order valence-electron chi connectivity index (χ4n) is 1.40. The minimum absolute atomic E-state index is 0.670. The molecule has 0 aromatic rings. The summed E-state index contributed by atoms with van der Waals surface area (Å²) in [5, 5.41) is 9.00. The molecule has 0 amide bonds. The van der Waals surface area contributed by atoms with Gasteiger partial charge >= 0.3 is 5.97 Å². The first kappa shape index (κ1) is 9.04. The second-order valence-corrected chi connectivity index (χ2v) is 3.01. The zero-order valence-electron chi connectivity index (χ0n) is 7.16. The molecule has 0 bridgehead atoms. The van der Waals surface area contributed by atoms with Crippen LogP contribution in [0.2, 0.25) is 0 Å². The molecule has 1 atom stereocenters. The number of carboxylic acids is 1. The number of carboxylic acid groups (broad SMARTS) is 1. The molecular weight excluding hydrogens is 152 g/mol. The second-order valence-electron chi connectivity index (χ2n) is 3.01. The van der Waals surface area contributed by atoms with Crippen LogP contribution in [0.25, 0.3) is 0 Å². The van der Waals surface area contributed by atoms with Crippen molar-refractivity contribution in [3.05, 3.63) is 30.7 Å². The summed E-state index contributed by atoms with van der Waals surface area (Å²) in [7, 11) is 0. The molecule has 0 aromatic carbocycles. The van der Waals surface area contributed by atoms with E-state index in [9.17, 15) is 4.79 Å². The van der Waals surface area contributed by atoms with Gasteiger partial charge in [0.05, 0.1) is 5.41 Å². The SMILES string of the molecule is CCCC1(C(=O)O)[CH]C=CC=C1. The van der Waals surface area contributed by atoms with E-state index in [0.29, 0.717) is 6.42 Å². The molecule has 2 nitrogen and oxygen atoms in total. The third-order valence-corrected chi connectivity index (χ3v) is 2.07. The average Bonchev–Trinajstić information content (AvgIpc) is 2.06. The highest BCUT2D eigenvalue weighted by Gasteiger charge is 2.34. The van der Waals surface area contributed by atoms with Crippen molar-refractivity contribution >= 4 is 5.97 Å². The van der Waals surface area contributed by atoms with Crippen molar-refractivity contribution in [3.63, 3.8) is 0 Å². The maximum absolute atomic E-state index is 10.9. The lowest BCUT2D eigenvalue weighted by atomic mass is 9.78. The van der Waals surface area contributed by atoms with Gasteiger partial charge < -0.3 is 5.11 Å². The Bertz CT molecular complexity index is 228. The summed E-state index contributed by atoms with van der Waals surface area (Å²) in [4.78, 5) is 10.9. The second kappa shape index (κ2) is 3.57. The Kier molecular flexibility index (Phi) is 2.69. The van der Waals surface area contributed by atoms with Crippen molar-refractivity contribution in [3.8, 4) is 0 Å². The minimum atomic E-state index is -0.759. The summed E-state index contributed by atoms with van der Waals surface area (Å²) >= 11 is 0. The molecule has 1 N–H and O–H groups in total. The number of rotatable bonds is 3. The van der Waals surface area contributed by atoms with Gasteiger partial charge in [-0.25, -0.2) is 0 Å². The van der Waals surface area contributed by atoms with Gasteiger partial charge in [0.15, 0.2) is 0 Å². The lowest BCUT2D eigenvalue weighted by Gasteiger charge is -2.25. The molecule has 1 unspecified atom stereocenters. The Morgan fingerprint density at radius 3 is 2.58 bits per heavy atom. The Balaban J connectivity index is 2.80. The van der Waals surface area contributed by atoms with Crippen molar-refractivity contribution in [1.82, 2.24) is 0 Å². The Hall–Kier alpha value is -1.05. The van der Waals surface area contributed by atoms with Gasteiger partial charge in [-0.3, -0.25) is 4.79 Å². The maximum atomic E-state index is 10.9. The fourth-order valence-corrected chi connectivity index (χ4v) is 1.40. The smallest absolute Gasteiger partial charge is 0.314 e. The minimum Gasteiger partial charge on any atom is -0.481 e. The summed E-state index contributed by atoms with van der Waals surface area (Å²) in [6, 6.07) is 0. The van der Waals surface area contributed by atoms with Crippen LogP contribution in [0.1, 0.15) is 19.8 Å². The van der Waals surface area contributed by atoms with Crippen LogP contribution >= 0.6 is 0 Å². The average molecular weight is 165 g/mol. The van der Waals surface area contributed by atoms with Crippen LogP contribution in [0.15, 0.2) is 24.3 Å². The Labute approximate surface area is 72.6 Å². The zero-order valence-corrected chi connectivity index (χ0v) is 7.16. The van der Waals surface area contributed by atoms with Crippen LogP contribution in [0, 0.1) is 11.8 Å².